The summed E-state index contributed by atoms with van der Waals surface area (Å²) in [4.78, 5) is 22.4. The Hall–Kier alpha value is -3.36. The molecule has 1 amide bonds. The Balaban J connectivity index is 2.20. The van der Waals surface area contributed by atoms with Gasteiger partial charge in [-0.1, -0.05) is 25.5 Å². The van der Waals surface area contributed by atoms with Crippen molar-refractivity contribution in [2.75, 3.05) is 11.9 Å². The third-order valence-corrected chi connectivity index (χ3v) is 3.83. The molecule has 29 heavy (non-hydrogen) atoms. The molecule has 0 aliphatic carbocycles. The molecule has 0 saturated heterocycles. The number of carbonyl (C=O) groups is 1. The highest BCUT2D eigenvalue weighted by Crippen LogP contribution is 2.35. The normalized spacial score (nSPS) is 11.4. The van der Waals surface area contributed by atoms with E-state index in [4.69, 9.17) is 4.74 Å². The van der Waals surface area contributed by atoms with E-state index in [1.165, 1.54) is 30.3 Å². The summed E-state index contributed by atoms with van der Waals surface area (Å²) in [7, 11) is 0. The van der Waals surface area contributed by atoms with Gasteiger partial charge >= 0.3 is 6.18 Å². The Bertz CT molecular complexity index is 911. The molecule has 0 fully saturated rings. The van der Waals surface area contributed by atoms with Crippen molar-refractivity contribution < 1.29 is 27.6 Å². The van der Waals surface area contributed by atoms with Crippen molar-refractivity contribution in [2.45, 2.75) is 25.9 Å². The van der Waals surface area contributed by atoms with E-state index in [1.54, 1.807) is 6.07 Å². The van der Waals surface area contributed by atoms with Gasteiger partial charge in [-0.3, -0.25) is 14.9 Å². The lowest BCUT2D eigenvalue weighted by Crippen LogP contribution is -2.12. The number of hydrogen-bond acceptors (Lipinski definition) is 4. The van der Waals surface area contributed by atoms with Crippen LogP contribution in [-0.2, 0) is 11.0 Å². The van der Waals surface area contributed by atoms with Crippen molar-refractivity contribution in [3.8, 4) is 5.75 Å². The highest BCUT2D eigenvalue weighted by molar-refractivity contribution is 6.02. The van der Waals surface area contributed by atoms with Crippen LogP contribution in [0.25, 0.3) is 6.08 Å². The molecule has 0 aliphatic rings. The number of halogens is 3. The molecule has 2 aromatic rings. The van der Waals surface area contributed by atoms with Crippen LogP contribution in [0.4, 0.5) is 24.5 Å². The molecule has 0 saturated carbocycles. The number of amides is 1. The van der Waals surface area contributed by atoms with Crippen molar-refractivity contribution in [3.63, 3.8) is 0 Å². The van der Waals surface area contributed by atoms with Crippen LogP contribution in [0.3, 0.4) is 0 Å². The minimum atomic E-state index is -4.57. The molecule has 0 bridgehead atoms. The Morgan fingerprint density at radius 1 is 1.24 bits per heavy atom. The molecule has 154 valence electrons. The number of nitrogens with one attached hydrogen (secondary N) is 1. The average molecular weight is 408 g/mol. The van der Waals surface area contributed by atoms with E-state index in [-0.39, 0.29) is 17.1 Å². The predicted octanol–water partition coefficient (Wildman–Crippen LogP) is 5.44. The van der Waals surface area contributed by atoms with Crippen LogP contribution in [0.1, 0.15) is 30.9 Å². The number of nitro benzene ring substituents is 1. The lowest BCUT2D eigenvalue weighted by molar-refractivity contribution is -0.384. The van der Waals surface area contributed by atoms with Crippen LogP contribution in [0.5, 0.6) is 5.75 Å². The fourth-order valence-corrected chi connectivity index (χ4v) is 2.34. The van der Waals surface area contributed by atoms with E-state index >= 15 is 0 Å². The second-order valence-electron chi connectivity index (χ2n) is 6.09. The SMILES string of the molecule is CCCCOc1ccc(C(F)(F)F)cc1NC(=O)/C=C/c1cccc([N+](=O)[O-])c1. The van der Waals surface area contributed by atoms with Gasteiger partial charge in [0.25, 0.3) is 5.69 Å². The zero-order chi connectivity index (χ0) is 21.4. The topological polar surface area (TPSA) is 81.5 Å². The number of anilines is 1. The Morgan fingerprint density at radius 3 is 2.66 bits per heavy atom. The summed E-state index contributed by atoms with van der Waals surface area (Å²) in [5.41, 5.74) is -0.766. The van der Waals surface area contributed by atoms with E-state index in [1.807, 2.05) is 6.92 Å². The van der Waals surface area contributed by atoms with Gasteiger partial charge in [-0.05, 0) is 36.3 Å². The standard InChI is InChI=1S/C20H19F3N2O4/c1-2-3-11-29-18-9-8-15(20(21,22)23)13-17(18)24-19(26)10-7-14-5-4-6-16(12-14)25(27)28/h4-10,12-13H,2-3,11H2,1H3,(H,24,26)/b10-7+. The zero-order valence-corrected chi connectivity index (χ0v) is 15.5. The number of nitrogens with zero attached hydrogens (tertiary/aromatic N) is 1. The van der Waals surface area contributed by atoms with Crippen molar-refractivity contribution in [1.82, 2.24) is 0 Å². The molecule has 2 aromatic carbocycles. The highest BCUT2D eigenvalue weighted by Gasteiger charge is 2.31. The molecule has 0 spiro atoms. The number of unbranched alkanes of at least 4 members (excludes halogenated alkanes) is 1. The van der Waals surface area contributed by atoms with Gasteiger partial charge in [-0.25, -0.2) is 0 Å². The van der Waals surface area contributed by atoms with Gasteiger partial charge in [-0.15, -0.1) is 0 Å². The van der Waals surface area contributed by atoms with E-state index in [9.17, 15) is 28.1 Å². The molecule has 1 N–H and O–H groups in total. The number of non-ortho nitro benzene ring substituents is 1. The Morgan fingerprint density at radius 2 is 2.00 bits per heavy atom. The molecule has 6 nitrogen and oxygen atoms in total. The van der Waals surface area contributed by atoms with Crippen molar-refractivity contribution in [3.05, 3.63) is 69.8 Å². The third-order valence-electron chi connectivity index (χ3n) is 3.83. The largest absolute Gasteiger partial charge is 0.491 e. The van der Waals surface area contributed by atoms with Crippen LogP contribution >= 0.6 is 0 Å². The third kappa shape index (κ3) is 6.63. The molecular formula is C20H19F3N2O4. The van der Waals surface area contributed by atoms with Gasteiger partial charge in [0.1, 0.15) is 5.75 Å². The number of ether oxygens (including phenoxy) is 1. The maximum Gasteiger partial charge on any atom is 0.416 e. The molecule has 0 aliphatic heterocycles. The monoisotopic (exact) mass is 408 g/mol. The van der Waals surface area contributed by atoms with E-state index in [2.05, 4.69) is 5.32 Å². The first-order valence-electron chi connectivity index (χ1n) is 8.78. The lowest BCUT2D eigenvalue weighted by atomic mass is 10.1. The van der Waals surface area contributed by atoms with Crippen LogP contribution < -0.4 is 10.1 Å². The van der Waals surface area contributed by atoms with Gasteiger partial charge in [-0.2, -0.15) is 13.2 Å². The molecule has 0 atom stereocenters. The average Bonchev–Trinajstić information content (AvgIpc) is 2.67. The summed E-state index contributed by atoms with van der Waals surface area (Å²) in [6, 6.07) is 8.45. The maximum atomic E-state index is 13.0. The van der Waals surface area contributed by atoms with Gasteiger partial charge in [0, 0.05) is 18.2 Å². The summed E-state index contributed by atoms with van der Waals surface area (Å²) in [6.07, 6.45) is -0.613. The fraction of sp³-hybridized carbons (Fsp3) is 0.250. The summed E-state index contributed by atoms with van der Waals surface area (Å²) in [5.74, 6) is -0.570. The first-order valence-corrected chi connectivity index (χ1v) is 8.78. The minimum absolute atomic E-state index is 0.107. The van der Waals surface area contributed by atoms with E-state index < -0.39 is 22.6 Å². The van der Waals surface area contributed by atoms with Crippen molar-refractivity contribution in [2.24, 2.45) is 0 Å². The van der Waals surface area contributed by atoms with Crippen molar-refractivity contribution in [1.29, 1.82) is 0 Å². The number of benzene rings is 2. The number of alkyl halides is 3. The van der Waals surface area contributed by atoms with Crippen LogP contribution in [-0.4, -0.2) is 17.4 Å². The summed E-state index contributed by atoms with van der Waals surface area (Å²) >= 11 is 0. The molecular weight excluding hydrogens is 389 g/mol. The minimum Gasteiger partial charge on any atom is -0.491 e. The van der Waals surface area contributed by atoms with Gasteiger partial charge < -0.3 is 10.1 Å². The zero-order valence-electron chi connectivity index (χ0n) is 15.5. The Kier molecular flexibility index (Phi) is 7.35. The van der Waals surface area contributed by atoms with Crippen LogP contribution in [0.2, 0.25) is 0 Å². The van der Waals surface area contributed by atoms with E-state index in [0.29, 0.717) is 18.6 Å². The van der Waals surface area contributed by atoms with Crippen molar-refractivity contribution >= 4 is 23.4 Å². The molecule has 2 rings (SSSR count). The fourth-order valence-electron chi connectivity index (χ4n) is 2.34. The molecule has 0 radical (unpaired) electrons. The number of hydrogen-bond donors (Lipinski definition) is 1. The van der Waals surface area contributed by atoms with Gasteiger partial charge in [0.2, 0.25) is 5.91 Å². The summed E-state index contributed by atoms with van der Waals surface area (Å²) < 4.78 is 44.5. The molecule has 0 heterocycles. The van der Waals surface area contributed by atoms with Gasteiger partial charge in [0.15, 0.2) is 0 Å². The quantitative estimate of drug-likeness (QED) is 0.273. The second kappa shape index (κ2) is 9.72. The summed E-state index contributed by atoms with van der Waals surface area (Å²) in [6.45, 7) is 2.24. The maximum absolute atomic E-state index is 13.0. The Labute approximate surface area is 165 Å². The first-order chi connectivity index (χ1) is 13.7. The van der Waals surface area contributed by atoms with Crippen LogP contribution in [0, 0.1) is 10.1 Å². The van der Waals surface area contributed by atoms with Gasteiger partial charge in [0.05, 0.1) is 22.8 Å². The first kappa shape index (κ1) is 21.9. The molecule has 0 unspecified atom stereocenters. The molecule has 9 heteroatoms. The molecule has 0 aromatic heterocycles. The predicted molar refractivity (Wildman–Crippen MR) is 103 cm³/mol. The summed E-state index contributed by atoms with van der Waals surface area (Å²) in [5, 5.41) is 13.2. The smallest absolute Gasteiger partial charge is 0.416 e. The second-order valence-corrected chi connectivity index (χ2v) is 6.09. The number of rotatable bonds is 8. The van der Waals surface area contributed by atoms with E-state index in [0.717, 1.165) is 24.6 Å². The highest BCUT2D eigenvalue weighted by atomic mass is 19.4. The lowest BCUT2D eigenvalue weighted by Gasteiger charge is -2.14. The van der Waals surface area contributed by atoms with Crippen LogP contribution in [0.15, 0.2) is 48.5 Å². The number of carbonyl (C=O) groups excluding carboxylic acids is 1. The number of nitro groups is 1.